The van der Waals surface area contributed by atoms with Gasteiger partial charge in [-0.15, -0.1) is 0 Å². The number of rotatable bonds is 4. The van der Waals surface area contributed by atoms with Crippen LogP contribution in [0.5, 0.6) is 0 Å². The van der Waals surface area contributed by atoms with Crippen LogP contribution in [0.2, 0.25) is 5.02 Å². The Balaban J connectivity index is 1.88. The molecule has 1 amide bonds. The molecule has 2 aromatic carbocycles. The maximum atomic E-state index is 13.1. The van der Waals surface area contributed by atoms with Gasteiger partial charge in [0.15, 0.2) is 0 Å². The van der Waals surface area contributed by atoms with Crippen molar-refractivity contribution in [3.63, 3.8) is 0 Å². The van der Waals surface area contributed by atoms with Crippen LogP contribution in [0.25, 0.3) is 0 Å². The van der Waals surface area contributed by atoms with Crippen molar-refractivity contribution in [3.8, 4) is 0 Å². The van der Waals surface area contributed by atoms with Gasteiger partial charge in [-0.05, 0) is 67.6 Å². The minimum Gasteiger partial charge on any atom is -0.322 e. The molecule has 0 aromatic heterocycles. The van der Waals surface area contributed by atoms with Gasteiger partial charge in [0.2, 0.25) is 10.0 Å². The average molecular weight is 486 g/mol. The van der Waals surface area contributed by atoms with E-state index >= 15 is 0 Å². The van der Waals surface area contributed by atoms with Gasteiger partial charge in [-0.3, -0.25) is 4.79 Å². The SMILES string of the molecule is Cc1cc(NC(=O)c2ccc(Cl)c(S(=O)(=O)N3CCCC(C)C3)c2)ccc1Br. The Bertz CT molecular complexity index is 1010. The van der Waals surface area contributed by atoms with Crippen LogP contribution in [-0.4, -0.2) is 31.7 Å². The molecule has 1 unspecified atom stereocenters. The second-order valence-corrected chi connectivity index (χ2v) is 10.3. The fourth-order valence-corrected chi connectivity index (χ4v) is 5.62. The summed E-state index contributed by atoms with van der Waals surface area (Å²) < 4.78 is 28.6. The molecule has 1 N–H and O–H groups in total. The van der Waals surface area contributed by atoms with Crippen molar-refractivity contribution in [2.45, 2.75) is 31.6 Å². The molecule has 0 saturated carbocycles. The van der Waals surface area contributed by atoms with E-state index in [1.165, 1.54) is 22.5 Å². The number of carbonyl (C=O) groups is 1. The third-order valence-electron chi connectivity index (χ3n) is 4.85. The second kappa shape index (κ2) is 8.53. The Morgan fingerprint density at radius 3 is 2.68 bits per heavy atom. The molecule has 1 aliphatic heterocycles. The molecule has 1 saturated heterocycles. The molecule has 8 heteroatoms. The van der Waals surface area contributed by atoms with Crippen molar-refractivity contribution in [3.05, 3.63) is 57.0 Å². The lowest BCUT2D eigenvalue weighted by Gasteiger charge is -2.30. The number of halogens is 2. The van der Waals surface area contributed by atoms with Crippen molar-refractivity contribution >= 4 is 49.1 Å². The summed E-state index contributed by atoms with van der Waals surface area (Å²) in [6.45, 7) is 4.89. The number of hydrogen-bond acceptors (Lipinski definition) is 3. The number of benzene rings is 2. The molecule has 28 heavy (non-hydrogen) atoms. The first-order valence-corrected chi connectivity index (χ1v) is 11.7. The van der Waals surface area contributed by atoms with Crippen LogP contribution >= 0.6 is 27.5 Å². The van der Waals surface area contributed by atoms with Gasteiger partial charge in [-0.2, -0.15) is 4.31 Å². The molecule has 0 spiro atoms. The first-order chi connectivity index (χ1) is 13.2. The molecule has 150 valence electrons. The summed E-state index contributed by atoms with van der Waals surface area (Å²) in [5.74, 6) is -0.0868. The van der Waals surface area contributed by atoms with E-state index in [-0.39, 0.29) is 21.4 Å². The van der Waals surface area contributed by atoms with Crippen molar-refractivity contribution in [1.29, 1.82) is 0 Å². The molecular formula is C20H22BrClN2O3S. The molecule has 0 radical (unpaired) electrons. The maximum absolute atomic E-state index is 13.1. The van der Waals surface area contributed by atoms with Crippen LogP contribution in [0, 0.1) is 12.8 Å². The van der Waals surface area contributed by atoms with E-state index in [0.717, 1.165) is 22.9 Å². The van der Waals surface area contributed by atoms with E-state index in [0.29, 0.717) is 24.7 Å². The highest BCUT2D eigenvalue weighted by Crippen LogP contribution is 2.29. The molecule has 1 aliphatic rings. The number of nitrogens with one attached hydrogen (secondary N) is 1. The van der Waals surface area contributed by atoms with E-state index in [9.17, 15) is 13.2 Å². The third-order valence-corrected chi connectivity index (χ3v) is 8.08. The van der Waals surface area contributed by atoms with Crippen molar-refractivity contribution < 1.29 is 13.2 Å². The number of piperidine rings is 1. The molecule has 1 atom stereocenters. The minimum atomic E-state index is -3.75. The normalized spacial score (nSPS) is 18.1. The van der Waals surface area contributed by atoms with Crippen LogP contribution in [0.1, 0.15) is 35.7 Å². The Morgan fingerprint density at radius 1 is 1.25 bits per heavy atom. The molecule has 5 nitrogen and oxygen atoms in total. The molecule has 1 fully saturated rings. The molecular weight excluding hydrogens is 464 g/mol. The average Bonchev–Trinajstić information content (AvgIpc) is 2.65. The highest BCUT2D eigenvalue weighted by Gasteiger charge is 2.30. The monoisotopic (exact) mass is 484 g/mol. The first-order valence-electron chi connectivity index (χ1n) is 9.05. The van der Waals surface area contributed by atoms with Crippen LogP contribution < -0.4 is 5.32 Å². The quantitative estimate of drug-likeness (QED) is 0.656. The largest absolute Gasteiger partial charge is 0.322 e. The fourth-order valence-electron chi connectivity index (χ4n) is 3.27. The highest BCUT2D eigenvalue weighted by molar-refractivity contribution is 9.10. The van der Waals surface area contributed by atoms with Crippen LogP contribution in [0.3, 0.4) is 0 Å². The summed E-state index contributed by atoms with van der Waals surface area (Å²) in [6.07, 6.45) is 1.83. The standard InChI is InChI=1S/C20H22BrClN2O3S/c1-13-4-3-9-24(12-13)28(26,27)19-11-15(5-8-18(19)22)20(25)23-16-6-7-17(21)14(2)10-16/h5-8,10-11,13H,3-4,9,12H2,1-2H3,(H,23,25). The summed E-state index contributed by atoms with van der Waals surface area (Å²) >= 11 is 9.62. The zero-order valence-electron chi connectivity index (χ0n) is 15.7. The lowest BCUT2D eigenvalue weighted by Crippen LogP contribution is -2.39. The highest BCUT2D eigenvalue weighted by atomic mass is 79.9. The van der Waals surface area contributed by atoms with Crippen molar-refractivity contribution in [1.82, 2.24) is 4.31 Å². The van der Waals surface area contributed by atoms with E-state index in [4.69, 9.17) is 11.6 Å². The number of aryl methyl sites for hydroxylation is 1. The van der Waals surface area contributed by atoms with E-state index in [1.54, 1.807) is 6.07 Å². The molecule has 0 aliphatic carbocycles. The molecule has 3 rings (SSSR count). The van der Waals surface area contributed by atoms with Crippen molar-refractivity contribution in [2.24, 2.45) is 5.92 Å². The van der Waals surface area contributed by atoms with E-state index in [1.807, 2.05) is 26.0 Å². The van der Waals surface area contributed by atoms with Gasteiger partial charge >= 0.3 is 0 Å². The van der Waals surface area contributed by atoms with Gasteiger partial charge in [0.25, 0.3) is 5.91 Å². The zero-order valence-corrected chi connectivity index (χ0v) is 18.9. The maximum Gasteiger partial charge on any atom is 0.255 e. The summed E-state index contributed by atoms with van der Waals surface area (Å²) in [6, 6.07) is 9.81. The third kappa shape index (κ3) is 4.59. The number of anilines is 1. The van der Waals surface area contributed by atoms with E-state index < -0.39 is 10.0 Å². The smallest absolute Gasteiger partial charge is 0.255 e. The van der Waals surface area contributed by atoms with Gasteiger partial charge in [0, 0.05) is 28.8 Å². The Morgan fingerprint density at radius 2 is 2.00 bits per heavy atom. The summed E-state index contributed by atoms with van der Waals surface area (Å²) in [5, 5.41) is 2.92. The summed E-state index contributed by atoms with van der Waals surface area (Å²) in [5.41, 5.74) is 1.86. The topological polar surface area (TPSA) is 66.5 Å². The predicted octanol–water partition coefficient (Wildman–Crippen LogP) is 5.08. The van der Waals surface area contributed by atoms with Crippen LogP contribution in [0.15, 0.2) is 45.8 Å². The van der Waals surface area contributed by atoms with Gasteiger partial charge in [0.1, 0.15) is 4.90 Å². The summed E-state index contributed by atoms with van der Waals surface area (Å²) in [7, 11) is -3.75. The lowest BCUT2D eigenvalue weighted by atomic mass is 10.0. The van der Waals surface area contributed by atoms with Gasteiger partial charge in [0.05, 0.1) is 5.02 Å². The lowest BCUT2D eigenvalue weighted by molar-refractivity contribution is 0.102. The van der Waals surface area contributed by atoms with E-state index in [2.05, 4.69) is 21.2 Å². The van der Waals surface area contributed by atoms with Gasteiger partial charge in [-0.1, -0.05) is 34.5 Å². The molecule has 2 aromatic rings. The van der Waals surface area contributed by atoms with Crippen LogP contribution in [-0.2, 0) is 10.0 Å². The Hall–Kier alpha value is -1.41. The van der Waals surface area contributed by atoms with Gasteiger partial charge < -0.3 is 5.32 Å². The fraction of sp³-hybridized carbons (Fsp3) is 0.350. The number of amides is 1. The zero-order chi connectivity index (χ0) is 20.5. The summed E-state index contributed by atoms with van der Waals surface area (Å²) in [4.78, 5) is 12.6. The molecule has 1 heterocycles. The number of nitrogens with zero attached hydrogens (tertiary/aromatic N) is 1. The number of sulfonamides is 1. The number of hydrogen-bond donors (Lipinski definition) is 1. The first kappa shape index (κ1) is 21.3. The van der Waals surface area contributed by atoms with Crippen LogP contribution in [0.4, 0.5) is 5.69 Å². The minimum absolute atomic E-state index is 0.0251. The Kier molecular flexibility index (Phi) is 6.49. The second-order valence-electron chi connectivity index (χ2n) is 7.17. The number of carbonyl (C=O) groups excluding carboxylic acids is 1. The molecule has 0 bridgehead atoms. The predicted molar refractivity (Wildman–Crippen MR) is 115 cm³/mol. The van der Waals surface area contributed by atoms with Gasteiger partial charge in [-0.25, -0.2) is 8.42 Å². The van der Waals surface area contributed by atoms with Crippen molar-refractivity contribution in [2.75, 3.05) is 18.4 Å². The Labute approximate surface area is 179 Å².